The Morgan fingerprint density at radius 1 is 1.28 bits per heavy atom. The van der Waals surface area contributed by atoms with Crippen LogP contribution >= 0.6 is 23.4 Å². The van der Waals surface area contributed by atoms with Crippen molar-refractivity contribution < 1.29 is 9.53 Å². The number of methoxy groups -OCH3 is 1. The van der Waals surface area contributed by atoms with Crippen LogP contribution in [0.2, 0.25) is 5.02 Å². The molecule has 0 bridgehead atoms. The van der Waals surface area contributed by atoms with E-state index in [0.717, 1.165) is 17.7 Å². The Balaban J connectivity index is 1.74. The summed E-state index contributed by atoms with van der Waals surface area (Å²) in [7, 11) is 1.59. The number of anilines is 1. The lowest BCUT2D eigenvalue weighted by Gasteiger charge is -2.13. The lowest BCUT2D eigenvalue weighted by Crippen LogP contribution is -2.30. The van der Waals surface area contributed by atoms with Gasteiger partial charge in [0.1, 0.15) is 5.75 Å². The van der Waals surface area contributed by atoms with Crippen LogP contribution in [0.15, 0.2) is 47.4 Å². The summed E-state index contributed by atoms with van der Waals surface area (Å²) in [6.45, 7) is 2.12. The molecule has 2 aromatic carbocycles. The minimum Gasteiger partial charge on any atom is -0.496 e. The summed E-state index contributed by atoms with van der Waals surface area (Å²) in [6.07, 6.45) is 2.80. The number of halogens is 1. The largest absolute Gasteiger partial charge is 0.496 e. The molecule has 1 fully saturated rings. The van der Waals surface area contributed by atoms with Gasteiger partial charge in [-0.05, 0) is 48.4 Å². The Kier molecular flexibility index (Phi) is 5.56. The SMILES string of the molecule is CCc1ccc(N[C@@H]2NC(=O)/C(=C/c3cc(Cl)ccc3OC)S2)cc1. The van der Waals surface area contributed by atoms with Crippen LogP contribution in [0.1, 0.15) is 18.1 Å². The van der Waals surface area contributed by atoms with Gasteiger partial charge in [-0.2, -0.15) is 0 Å². The molecule has 130 valence electrons. The first-order valence-corrected chi connectivity index (χ1v) is 9.23. The van der Waals surface area contributed by atoms with Crippen LogP contribution in [0.5, 0.6) is 5.75 Å². The maximum Gasteiger partial charge on any atom is 0.260 e. The molecule has 1 amide bonds. The molecule has 1 saturated heterocycles. The Morgan fingerprint density at radius 2 is 2.04 bits per heavy atom. The molecule has 1 heterocycles. The predicted octanol–water partition coefficient (Wildman–Crippen LogP) is 4.51. The molecule has 1 atom stereocenters. The molecule has 0 saturated carbocycles. The van der Waals surface area contributed by atoms with Gasteiger partial charge >= 0.3 is 0 Å². The molecule has 0 aromatic heterocycles. The molecule has 0 unspecified atom stereocenters. The molecule has 1 aliphatic heterocycles. The van der Waals surface area contributed by atoms with E-state index in [9.17, 15) is 4.79 Å². The number of hydrogen-bond donors (Lipinski definition) is 2. The van der Waals surface area contributed by atoms with Gasteiger partial charge in [0.15, 0.2) is 5.50 Å². The van der Waals surface area contributed by atoms with Crippen molar-refractivity contribution in [3.8, 4) is 5.75 Å². The van der Waals surface area contributed by atoms with Crippen molar-refractivity contribution in [1.29, 1.82) is 0 Å². The summed E-state index contributed by atoms with van der Waals surface area (Å²) >= 11 is 7.49. The van der Waals surface area contributed by atoms with E-state index >= 15 is 0 Å². The molecule has 6 heteroatoms. The summed E-state index contributed by atoms with van der Waals surface area (Å²) in [5.74, 6) is 0.562. The van der Waals surface area contributed by atoms with Crippen molar-refractivity contribution in [1.82, 2.24) is 5.32 Å². The van der Waals surface area contributed by atoms with Gasteiger partial charge in [0.25, 0.3) is 5.91 Å². The first-order chi connectivity index (χ1) is 12.1. The lowest BCUT2D eigenvalue weighted by molar-refractivity contribution is -0.116. The number of benzene rings is 2. The topological polar surface area (TPSA) is 50.4 Å². The summed E-state index contributed by atoms with van der Waals surface area (Å²) in [6, 6.07) is 13.5. The molecule has 3 rings (SSSR count). The van der Waals surface area contributed by atoms with Gasteiger partial charge in [-0.25, -0.2) is 0 Å². The van der Waals surface area contributed by atoms with Crippen molar-refractivity contribution in [2.45, 2.75) is 18.8 Å². The minimum atomic E-state index is -0.212. The van der Waals surface area contributed by atoms with Crippen LogP contribution in [0, 0.1) is 0 Å². The summed E-state index contributed by atoms with van der Waals surface area (Å²) in [5, 5.41) is 6.83. The van der Waals surface area contributed by atoms with Crippen molar-refractivity contribution in [2.75, 3.05) is 12.4 Å². The van der Waals surface area contributed by atoms with Crippen molar-refractivity contribution in [2.24, 2.45) is 0 Å². The highest BCUT2D eigenvalue weighted by atomic mass is 35.5. The number of nitrogens with one attached hydrogen (secondary N) is 2. The third kappa shape index (κ3) is 4.30. The Morgan fingerprint density at radius 3 is 2.72 bits per heavy atom. The maximum absolute atomic E-state index is 12.3. The second kappa shape index (κ2) is 7.85. The zero-order valence-electron chi connectivity index (χ0n) is 14.0. The van der Waals surface area contributed by atoms with Crippen LogP contribution < -0.4 is 15.4 Å². The van der Waals surface area contributed by atoms with E-state index in [1.807, 2.05) is 12.1 Å². The van der Waals surface area contributed by atoms with E-state index in [4.69, 9.17) is 16.3 Å². The van der Waals surface area contributed by atoms with E-state index < -0.39 is 0 Å². The minimum absolute atomic E-state index is 0.116. The number of thioether (sulfide) groups is 1. The quantitative estimate of drug-likeness (QED) is 0.756. The predicted molar refractivity (Wildman–Crippen MR) is 105 cm³/mol. The first kappa shape index (κ1) is 17.7. The number of carbonyl (C=O) groups is 1. The van der Waals surface area contributed by atoms with Gasteiger partial charge in [0.2, 0.25) is 0 Å². The molecule has 2 N–H and O–H groups in total. The Bertz CT molecular complexity index is 806. The van der Waals surface area contributed by atoms with Crippen molar-refractivity contribution >= 4 is 41.0 Å². The van der Waals surface area contributed by atoms with Crippen LogP contribution in [-0.2, 0) is 11.2 Å². The fraction of sp³-hybridized carbons (Fsp3) is 0.211. The Hall–Kier alpha value is -2.11. The van der Waals surface area contributed by atoms with E-state index in [1.54, 1.807) is 31.4 Å². The molecule has 1 aliphatic rings. The smallest absolute Gasteiger partial charge is 0.260 e. The highest BCUT2D eigenvalue weighted by Gasteiger charge is 2.27. The van der Waals surface area contributed by atoms with Gasteiger partial charge in [-0.15, -0.1) is 0 Å². The average Bonchev–Trinajstić information content (AvgIpc) is 2.95. The van der Waals surface area contributed by atoms with Gasteiger partial charge in [0.05, 0.1) is 12.0 Å². The molecule has 2 aromatic rings. The number of rotatable bonds is 5. The molecular formula is C19H19ClN2O2S. The molecule has 0 radical (unpaired) electrons. The molecule has 4 nitrogen and oxygen atoms in total. The fourth-order valence-corrected chi connectivity index (χ4v) is 3.67. The molecular weight excluding hydrogens is 356 g/mol. The summed E-state index contributed by atoms with van der Waals surface area (Å²) in [5.41, 5.74) is 2.82. The maximum atomic E-state index is 12.3. The number of aryl methyl sites for hydroxylation is 1. The third-order valence-corrected chi connectivity index (χ3v) is 5.13. The molecule has 25 heavy (non-hydrogen) atoms. The normalized spacial score (nSPS) is 18.3. The van der Waals surface area contributed by atoms with E-state index in [-0.39, 0.29) is 11.4 Å². The van der Waals surface area contributed by atoms with Gasteiger partial charge < -0.3 is 15.4 Å². The highest BCUT2D eigenvalue weighted by Crippen LogP contribution is 2.33. The van der Waals surface area contributed by atoms with E-state index in [2.05, 4.69) is 29.7 Å². The van der Waals surface area contributed by atoms with Crippen LogP contribution in [0.25, 0.3) is 6.08 Å². The van der Waals surface area contributed by atoms with Gasteiger partial charge in [-0.3, -0.25) is 4.79 Å². The second-order valence-corrected chi connectivity index (χ2v) is 7.14. The number of amides is 1. The monoisotopic (exact) mass is 374 g/mol. The number of carbonyl (C=O) groups excluding carboxylic acids is 1. The average molecular weight is 375 g/mol. The van der Waals surface area contributed by atoms with Crippen LogP contribution in [-0.4, -0.2) is 18.5 Å². The van der Waals surface area contributed by atoms with E-state index in [1.165, 1.54) is 17.3 Å². The zero-order valence-corrected chi connectivity index (χ0v) is 15.6. The van der Waals surface area contributed by atoms with Crippen molar-refractivity contribution in [3.63, 3.8) is 0 Å². The van der Waals surface area contributed by atoms with Crippen molar-refractivity contribution in [3.05, 3.63) is 63.5 Å². The number of hydrogen-bond acceptors (Lipinski definition) is 4. The third-order valence-electron chi connectivity index (χ3n) is 3.87. The van der Waals surface area contributed by atoms with Crippen LogP contribution in [0.4, 0.5) is 5.69 Å². The van der Waals surface area contributed by atoms with E-state index in [0.29, 0.717) is 15.7 Å². The van der Waals surface area contributed by atoms with Gasteiger partial charge in [0, 0.05) is 16.3 Å². The Labute approximate surface area is 156 Å². The first-order valence-electron chi connectivity index (χ1n) is 7.97. The van der Waals surface area contributed by atoms with Gasteiger partial charge in [-0.1, -0.05) is 42.4 Å². The fourth-order valence-electron chi connectivity index (χ4n) is 2.51. The molecule has 0 spiro atoms. The summed E-state index contributed by atoms with van der Waals surface area (Å²) in [4.78, 5) is 12.9. The number of ether oxygens (including phenoxy) is 1. The second-order valence-electron chi connectivity index (χ2n) is 5.56. The lowest BCUT2D eigenvalue weighted by atomic mass is 10.1. The standard InChI is InChI=1S/C19H19ClN2O2S/c1-3-12-4-7-15(8-5-12)21-19-22-18(23)17(25-19)11-13-10-14(20)6-9-16(13)24-2/h4-11,19,21H,3H2,1-2H3,(H,22,23)/b17-11-/t19-/m1/s1. The molecule has 0 aliphatic carbocycles. The highest BCUT2D eigenvalue weighted by molar-refractivity contribution is 8.05. The van der Waals surface area contributed by atoms with Crippen LogP contribution in [0.3, 0.4) is 0 Å². The summed E-state index contributed by atoms with van der Waals surface area (Å²) < 4.78 is 5.33. The zero-order chi connectivity index (χ0) is 17.8.